The van der Waals surface area contributed by atoms with E-state index in [-0.39, 0.29) is 18.1 Å². The summed E-state index contributed by atoms with van der Waals surface area (Å²) in [5, 5.41) is 7.11. The van der Waals surface area contributed by atoms with E-state index in [2.05, 4.69) is 15.2 Å². The van der Waals surface area contributed by atoms with Crippen LogP contribution in [0.1, 0.15) is 29.5 Å². The molecule has 0 atom stereocenters. The summed E-state index contributed by atoms with van der Waals surface area (Å²) in [6.07, 6.45) is 3.88. The van der Waals surface area contributed by atoms with Gasteiger partial charge in [0.2, 0.25) is 5.91 Å². The quantitative estimate of drug-likeness (QED) is 0.655. The molecule has 0 radical (unpaired) electrons. The van der Waals surface area contributed by atoms with Gasteiger partial charge in [-0.15, -0.1) is 0 Å². The Balaban J connectivity index is 1.78. The van der Waals surface area contributed by atoms with Gasteiger partial charge in [-0.2, -0.15) is 5.10 Å². The molecule has 0 bridgehead atoms. The molecule has 0 aliphatic carbocycles. The number of anilines is 1. The molecule has 1 N–H and O–H groups in total. The van der Waals surface area contributed by atoms with Crippen molar-refractivity contribution in [3.8, 4) is 11.1 Å². The first-order chi connectivity index (χ1) is 13.0. The van der Waals surface area contributed by atoms with Crippen molar-refractivity contribution in [1.29, 1.82) is 0 Å². The fourth-order valence-corrected chi connectivity index (χ4v) is 2.98. The van der Waals surface area contributed by atoms with Crippen LogP contribution in [0.2, 0.25) is 5.02 Å². The number of aromatic amines is 1. The largest absolute Gasteiger partial charge is 0.315 e. The topological polar surface area (TPSA) is 79.0 Å². The Morgan fingerprint density at radius 1 is 1.19 bits per heavy atom. The number of benzene rings is 1. The van der Waals surface area contributed by atoms with Crippen LogP contribution in [0.4, 0.5) is 5.69 Å². The second-order valence-corrected chi connectivity index (χ2v) is 6.49. The predicted octanol–water partition coefficient (Wildman–Crippen LogP) is 3.92. The fraction of sp³-hybridized carbons (Fsp3) is 0.200. The van der Waals surface area contributed by atoms with Crippen molar-refractivity contribution in [3.05, 3.63) is 65.2 Å². The van der Waals surface area contributed by atoms with Crippen LogP contribution in [0.3, 0.4) is 0 Å². The van der Waals surface area contributed by atoms with Crippen LogP contribution in [0.5, 0.6) is 0 Å². The highest BCUT2D eigenvalue weighted by Crippen LogP contribution is 2.31. The maximum atomic E-state index is 12.3. The molecule has 1 amide bonds. The van der Waals surface area contributed by atoms with Gasteiger partial charge in [0.05, 0.1) is 11.4 Å². The highest BCUT2D eigenvalue weighted by Gasteiger charge is 2.13. The summed E-state index contributed by atoms with van der Waals surface area (Å²) in [5.41, 5.74) is 3.45. The molecule has 2 aromatic heterocycles. The number of aromatic nitrogens is 3. The van der Waals surface area contributed by atoms with Crippen molar-refractivity contribution in [2.24, 2.45) is 0 Å². The molecule has 3 aromatic rings. The fourth-order valence-electron chi connectivity index (χ4n) is 2.69. The molecule has 0 aliphatic heterocycles. The lowest BCUT2D eigenvalue weighted by Gasteiger charge is -2.17. The van der Waals surface area contributed by atoms with Gasteiger partial charge in [-0.3, -0.25) is 19.7 Å². The van der Waals surface area contributed by atoms with Crippen molar-refractivity contribution in [2.75, 3.05) is 11.9 Å². The van der Waals surface area contributed by atoms with Crippen LogP contribution < -0.4 is 4.90 Å². The van der Waals surface area contributed by atoms with Gasteiger partial charge < -0.3 is 4.90 Å². The monoisotopic (exact) mass is 382 g/mol. The Hall–Kier alpha value is -2.99. The maximum absolute atomic E-state index is 12.3. The van der Waals surface area contributed by atoms with E-state index in [4.69, 9.17) is 11.6 Å². The molecule has 2 heterocycles. The average molecular weight is 383 g/mol. The molecule has 27 heavy (non-hydrogen) atoms. The Kier molecular flexibility index (Phi) is 5.66. The Morgan fingerprint density at radius 2 is 2.00 bits per heavy atom. The molecular formula is C20H19ClN4O2. The standard InChI is InChI=1S/C20H19ClN4O2/c1-3-20(27)25(2)15-5-6-16(17(21)11-15)13-4-7-18(22-12-13)19(26)10-14-8-9-23-24-14/h4-9,11-12H,3,10H2,1-2H3,(H,23,24). The minimum absolute atomic E-state index is 0.0145. The van der Waals surface area contributed by atoms with Crippen LogP contribution in [0, 0.1) is 0 Å². The number of halogens is 1. The Bertz CT molecular complexity index is 953. The summed E-state index contributed by atoms with van der Waals surface area (Å²) < 4.78 is 0. The van der Waals surface area contributed by atoms with E-state index >= 15 is 0 Å². The minimum atomic E-state index is -0.0908. The highest BCUT2D eigenvalue weighted by atomic mass is 35.5. The summed E-state index contributed by atoms with van der Waals surface area (Å²) in [7, 11) is 1.72. The van der Waals surface area contributed by atoms with Crippen molar-refractivity contribution in [1.82, 2.24) is 15.2 Å². The van der Waals surface area contributed by atoms with Gasteiger partial charge in [0.1, 0.15) is 5.69 Å². The van der Waals surface area contributed by atoms with Crippen molar-refractivity contribution in [3.63, 3.8) is 0 Å². The first-order valence-electron chi connectivity index (χ1n) is 8.53. The van der Waals surface area contributed by atoms with Crippen LogP contribution in [0.15, 0.2) is 48.8 Å². The first kappa shape index (κ1) is 18.8. The van der Waals surface area contributed by atoms with Gasteiger partial charge in [-0.1, -0.05) is 30.7 Å². The molecular weight excluding hydrogens is 364 g/mol. The number of hydrogen-bond donors (Lipinski definition) is 1. The molecule has 3 rings (SSSR count). The number of carbonyl (C=O) groups excluding carboxylic acids is 2. The third-order valence-corrected chi connectivity index (χ3v) is 4.60. The van der Waals surface area contributed by atoms with Crippen molar-refractivity contribution >= 4 is 29.0 Å². The second-order valence-electron chi connectivity index (χ2n) is 6.08. The van der Waals surface area contributed by atoms with E-state index in [1.54, 1.807) is 42.5 Å². The number of rotatable bonds is 6. The van der Waals surface area contributed by atoms with E-state index in [1.165, 1.54) is 0 Å². The van der Waals surface area contributed by atoms with Crippen LogP contribution in [-0.4, -0.2) is 33.9 Å². The van der Waals surface area contributed by atoms with E-state index in [1.807, 2.05) is 25.1 Å². The van der Waals surface area contributed by atoms with E-state index in [0.717, 1.165) is 22.5 Å². The van der Waals surface area contributed by atoms with E-state index < -0.39 is 0 Å². The summed E-state index contributed by atoms with van der Waals surface area (Å²) >= 11 is 6.41. The van der Waals surface area contributed by atoms with E-state index in [0.29, 0.717) is 17.1 Å². The number of hydrogen-bond acceptors (Lipinski definition) is 4. The van der Waals surface area contributed by atoms with Gasteiger partial charge >= 0.3 is 0 Å². The zero-order valence-corrected chi connectivity index (χ0v) is 15.8. The third kappa shape index (κ3) is 4.23. The number of Topliss-reactive ketones (excluding diaryl/α,β-unsaturated/α-hetero) is 1. The number of nitrogens with one attached hydrogen (secondary N) is 1. The SMILES string of the molecule is CCC(=O)N(C)c1ccc(-c2ccc(C(=O)Cc3ccn[nH]3)nc2)c(Cl)c1. The van der Waals surface area contributed by atoms with Crippen LogP contribution in [-0.2, 0) is 11.2 Å². The van der Waals surface area contributed by atoms with Crippen molar-refractivity contribution < 1.29 is 9.59 Å². The Morgan fingerprint density at radius 3 is 2.59 bits per heavy atom. The highest BCUT2D eigenvalue weighted by molar-refractivity contribution is 6.33. The predicted molar refractivity (Wildman–Crippen MR) is 105 cm³/mol. The molecule has 6 nitrogen and oxygen atoms in total. The van der Waals surface area contributed by atoms with Gasteiger partial charge in [0.25, 0.3) is 0 Å². The average Bonchev–Trinajstić information content (AvgIpc) is 3.19. The summed E-state index contributed by atoms with van der Waals surface area (Å²) in [5.74, 6) is -0.0763. The zero-order chi connectivity index (χ0) is 19.4. The second kappa shape index (κ2) is 8.14. The van der Waals surface area contributed by atoms with Crippen LogP contribution in [0.25, 0.3) is 11.1 Å². The molecule has 0 saturated heterocycles. The number of H-pyrrole nitrogens is 1. The molecule has 138 valence electrons. The number of ketones is 1. The normalized spacial score (nSPS) is 10.6. The van der Waals surface area contributed by atoms with Gasteiger partial charge in [-0.25, -0.2) is 0 Å². The van der Waals surface area contributed by atoms with E-state index in [9.17, 15) is 9.59 Å². The maximum Gasteiger partial charge on any atom is 0.226 e. The zero-order valence-electron chi connectivity index (χ0n) is 15.1. The lowest BCUT2D eigenvalue weighted by Crippen LogP contribution is -2.24. The number of amides is 1. The molecule has 1 aromatic carbocycles. The Labute approximate surface area is 162 Å². The molecule has 0 unspecified atom stereocenters. The van der Waals surface area contributed by atoms with Crippen LogP contribution >= 0.6 is 11.6 Å². The molecule has 0 aliphatic rings. The number of carbonyl (C=O) groups is 2. The number of nitrogens with zero attached hydrogens (tertiary/aromatic N) is 3. The number of pyridine rings is 1. The first-order valence-corrected chi connectivity index (χ1v) is 8.91. The third-order valence-electron chi connectivity index (χ3n) is 4.29. The minimum Gasteiger partial charge on any atom is -0.315 e. The summed E-state index contributed by atoms with van der Waals surface area (Å²) in [4.78, 5) is 29.9. The smallest absolute Gasteiger partial charge is 0.226 e. The molecule has 0 spiro atoms. The molecule has 0 fully saturated rings. The summed E-state index contributed by atoms with van der Waals surface area (Å²) in [6, 6.07) is 10.7. The van der Waals surface area contributed by atoms with Gasteiger partial charge in [0.15, 0.2) is 5.78 Å². The van der Waals surface area contributed by atoms with Gasteiger partial charge in [-0.05, 0) is 24.3 Å². The lowest BCUT2D eigenvalue weighted by molar-refractivity contribution is -0.118. The summed E-state index contributed by atoms with van der Waals surface area (Å²) in [6.45, 7) is 1.82. The molecule has 0 saturated carbocycles. The lowest BCUT2D eigenvalue weighted by atomic mass is 10.1. The van der Waals surface area contributed by atoms with Gasteiger partial charge in [0, 0.05) is 48.4 Å². The van der Waals surface area contributed by atoms with Crippen molar-refractivity contribution in [2.45, 2.75) is 19.8 Å². The molecule has 7 heteroatoms.